The quantitative estimate of drug-likeness (QED) is 0.527. The smallest absolute Gasteiger partial charge is 0.239 e. The predicted octanol–water partition coefficient (Wildman–Crippen LogP) is 2.89. The fraction of sp³-hybridized carbons (Fsp3) is 0.250. The average molecular weight is 430 g/mol. The van der Waals surface area contributed by atoms with Crippen LogP contribution in [0.4, 0.5) is 10.2 Å². The van der Waals surface area contributed by atoms with Crippen molar-refractivity contribution in [3.05, 3.63) is 72.2 Å². The third kappa shape index (κ3) is 4.03. The van der Waals surface area contributed by atoms with Crippen LogP contribution in [0, 0.1) is 5.82 Å². The highest BCUT2D eigenvalue weighted by molar-refractivity contribution is 5.92. The highest BCUT2D eigenvalue weighted by Crippen LogP contribution is 2.25. The van der Waals surface area contributed by atoms with Crippen molar-refractivity contribution in [1.82, 2.24) is 24.8 Å². The SMILES string of the molecule is Cn1cc(-c2ccc(F)cc2)nc1CCc1nc(N2CCNC(=O)C2)c2ccccc2n1. The molecule has 1 saturated heterocycles. The number of benzene rings is 2. The standard InChI is InChI=1S/C24H23FN6O/c1-30-14-20(16-6-8-17(25)9-7-16)28-22(30)11-10-21-27-19-5-3-2-4-18(19)24(29-21)31-13-12-26-23(32)15-31/h2-9,14H,10-13,15H2,1H3,(H,26,32). The lowest BCUT2D eigenvalue weighted by Crippen LogP contribution is -2.48. The van der Waals surface area contributed by atoms with Crippen molar-refractivity contribution >= 4 is 22.6 Å². The zero-order valence-electron chi connectivity index (χ0n) is 17.8. The van der Waals surface area contributed by atoms with Crippen molar-refractivity contribution in [3.63, 3.8) is 0 Å². The number of rotatable bonds is 5. The Morgan fingerprint density at radius 1 is 1.03 bits per heavy atom. The summed E-state index contributed by atoms with van der Waals surface area (Å²) in [6.07, 6.45) is 3.23. The van der Waals surface area contributed by atoms with Gasteiger partial charge in [-0.05, 0) is 36.4 Å². The Morgan fingerprint density at radius 2 is 1.84 bits per heavy atom. The van der Waals surface area contributed by atoms with Gasteiger partial charge in [0.05, 0.1) is 17.8 Å². The molecule has 1 aliphatic rings. The van der Waals surface area contributed by atoms with Gasteiger partial charge in [0.2, 0.25) is 5.91 Å². The summed E-state index contributed by atoms with van der Waals surface area (Å²) < 4.78 is 15.2. The Bertz CT molecular complexity index is 1280. The van der Waals surface area contributed by atoms with Gasteiger partial charge in [0.1, 0.15) is 23.3 Å². The maximum absolute atomic E-state index is 13.2. The third-order valence-corrected chi connectivity index (χ3v) is 5.65. The zero-order chi connectivity index (χ0) is 22.1. The summed E-state index contributed by atoms with van der Waals surface area (Å²) in [5, 5.41) is 3.81. The molecule has 1 aliphatic heterocycles. The van der Waals surface area contributed by atoms with Crippen LogP contribution >= 0.6 is 0 Å². The molecule has 2 aromatic heterocycles. The summed E-state index contributed by atoms with van der Waals surface area (Å²) in [5.74, 6) is 2.16. The first-order valence-electron chi connectivity index (χ1n) is 10.6. The first kappa shape index (κ1) is 20.1. The second-order valence-corrected chi connectivity index (χ2v) is 7.91. The van der Waals surface area contributed by atoms with E-state index in [9.17, 15) is 9.18 Å². The highest BCUT2D eigenvalue weighted by Gasteiger charge is 2.21. The van der Waals surface area contributed by atoms with E-state index >= 15 is 0 Å². The van der Waals surface area contributed by atoms with Crippen LogP contribution in [0.2, 0.25) is 0 Å². The van der Waals surface area contributed by atoms with Crippen molar-refractivity contribution < 1.29 is 9.18 Å². The third-order valence-electron chi connectivity index (χ3n) is 5.65. The predicted molar refractivity (Wildman–Crippen MR) is 121 cm³/mol. The van der Waals surface area contributed by atoms with Gasteiger partial charge in [-0.2, -0.15) is 0 Å². The molecule has 4 aromatic rings. The number of nitrogens with zero attached hydrogens (tertiary/aromatic N) is 5. The molecule has 0 atom stereocenters. The molecular weight excluding hydrogens is 407 g/mol. The van der Waals surface area contributed by atoms with E-state index in [0.717, 1.165) is 39.6 Å². The van der Waals surface area contributed by atoms with Crippen LogP contribution in [0.25, 0.3) is 22.2 Å². The Hall–Kier alpha value is -3.81. The number of aryl methyl sites for hydroxylation is 3. The molecule has 3 heterocycles. The first-order chi connectivity index (χ1) is 15.6. The van der Waals surface area contributed by atoms with Crippen LogP contribution in [0.1, 0.15) is 11.6 Å². The van der Waals surface area contributed by atoms with E-state index in [0.29, 0.717) is 32.5 Å². The van der Waals surface area contributed by atoms with Gasteiger partial charge in [-0.3, -0.25) is 4.79 Å². The lowest BCUT2D eigenvalue weighted by atomic mass is 10.2. The Morgan fingerprint density at radius 3 is 2.66 bits per heavy atom. The van der Waals surface area contributed by atoms with Gasteiger partial charge in [-0.1, -0.05) is 12.1 Å². The molecular formula is C24H23FN6O. The number of imidazole rings is 1. The first-order valence-corrected chi connectivity index (χ1v) is 10.6. The van der Waals surface area contributed by atoms with Crippen LogP contribution in [-0.2, 0) is 24.7 Å². The normalized spacial score (nSPS) is 14.1. The van der Waals surface area contributed by atoms with Crippen molar-refractivity contribution in [3.8, 4) is 11.3 Å². The van der Waals surface area contributed by atoms with Crippen LogP contribution in [0.5, 0.6) is 0 Å². The van der Waals surface area contributed by atoms with Gasteiger partial charge in [0.25, 0.3) is 0 Å². The van der Waals surface area contributed by atoms with E-state index in [2.05, 4.69) is 5.32 Å². The summed E-state index contributed by atoms with van der Waals surface area (Å²) in [6.45, 7) is 1.61. The molecule has 0 radical (unpaired) electrons. The maximum Gasteiger partial charge on any atom is 0.239 e. The van der Waals surface area contributed by atoms with Crippen LogP contribution in [-0.4, -0.2) is 45.1 Å². The molecule has 1 N–H and O–H groups in total. The Labute approximate surface area is 184 Å². The number of carbonyl (C=O) groups excluding carboxylic acids is 1. The second kappa shape index (κ2) is 8.37. The number of para-hydroxylation sites is 1. The van der Waals surface area contributed by atoms with E-state index in [-0.39, 0.29) is 11.7 Å². The zero-order valence-corrected chi connectivity index (χ0v) is 17.8. The van der Waals surface area contributed by atoms with Crippen LogP contribution in [0.3, 0.4) is 0 Å². The minimum absolute atomic E-state index is 0.00169. The number of piperazine rings is 1. The number of nitrogens with one attached hydrogen (secondary N) is 1. The van der Waals surface area contributed by atoms with Gasteiger partial charge >= 0.3 is 0 Å². The molecule has 0 aliphatic carbocycles. The summed E-state index contributed by atoms with van der Waals surface area (Å²) in [7, 11) is 1.95. The van der Waals surface area contributed by atoms with E-state index in [1.165, 1.54) is 12.1 Å². The van der Waals surface area contributed by atoms with E-state index in [1.807, 2.05) is 47.0 Å². The minimum atomic E-state index is -0.264. The average Bonchev–Trinajstić information content (AvgIpc) is 3.18. The van der Waals surface area contributed by atoms with E-state index < -0.39 is 0 Å². The van der Waals surface area contributed by atoms with Crippen molar-refractivity contribution in [2.24, 2.45) is 7.05 Å². The van der Waals surface area contributed by atoms with Crippen molar-refractivity contribution in [2.75, 3.05) is 24.5 Å². The maximum atomic E-state index is 13.2. The Kier molecular flexibility index (Phi) is 5.26. The van der Waals surface area contributed by atoms with E-state index in [1.54, 1.807) is 12.1 Å². The number of anilines is 1. The topological polar surface area (TPSA) is 75.9 Å². The molecule has 0 unspecified atom stereocenters. The number of hydrogen-bond acceptors (Lipinski definition) is 5. The minimum Gasteiger partial charge on any atom is -0.353 e. The molecule has 1 fully saturated rings. The highest BCUT2D eigenvalue weighted by atomic mass is 19.1. The van der Waals surface area contributed by atoms with Crippen LogP contribution < -0.4 is 10.2 Å². The summed E-state index contributed by atoms with van der Waals surface area (Å²) >= 11 is 0. The van der Waals surface area contributed by atoms with Crippen LogP contribution in [0.15, 0.2) is 54.7 Å². The Balaban J connectivity index is 1.41. The number of halogens is 1. The molecule has 8 heteroatoms. The number of carbonyl (C=O) groups is 1. The molecule has 162 valence electrons. The lowest BCUT2D eigenvalue weighted by Gasteiger charge is -2.28. The molecule has 5 rings (SSSR count). The fourth-order valence-electron chi connectivity index (χ4n) is 4.00. The van der Waals surface area contributed by atoms with Crippen molar-refractivity contribution in [1.29, 1.82) is 0 Å². The largest absolute Gasteiger partial charge is 0.353 e. The molecule has 7 nitrogen and oxygen atoms in total. The number of amides is 1. The fourth-order valence-corrected chi connectivity index (χ4v) is 4.00. The van der Waals surface area contributed by atoms with Gasteiger partial charge in [0, 0.05) is 50.1 Å². The van der Waals surface area contributed by atoms with Crippen molar-refractivity contribution in [2.45, 2.75) is 12.8 Å². The molecule has 0 saturated carbocycles. The van der Waals surface area contributed by atoms with Gasteiger partial charge < -0.3 is 14.8 Å². The summed E-state index contributed by atoms with van der Waals surface area (Å²) in [6, 6.07) is 14.2. The number of fused-ring (bicyclic) bond motifs is 1. The molecule has 1 amide bonds. The molecule has 0 spiro atoms. The number of hydrogen-bond donors (Lipinski definition) is 1. The van der Waals surface area contributed by atoms with Gasteiger partial charge in [-0.25, -0.2) is 19.3 Å². The summed E-state index contributed by atoms with van der Waals surface area (Å²) in [5.41, 5.74) is 2.55. The molecule has 32 heavy (non-hydrogen) atoms. The number of aromatic nitrogens is 4. The van der Waals surface area contributed by atoms with Gasteiger partial charge in [0.15, 0.2) is 0 Å². The molecule has 2 aromatic carbocycles. The summed E-state index contributed by atoms with van der Waals surface area (Å²) in [4.78, 5) is 28.3. The second-order valence-electron chi connectivity index (χ2n) is 7.91. The van der Waals surface area contributed by atoms with E-state index in [4.69, 9.17) is 15.0 Å². The van der Waals surface area contributed by atoms with Gasteiger partial charge in [-0.15, -0.1) is 0 Å². The monoisotopic (exact) mass is 430 g/mol. The lowest BCUT2D eigenvalue weighted by molar-refractivity contribution is -0.120. The molecule has 0 bridgehead atoms.